The highest BCUT2D eigenvalue weighted by molar-refractivity contribution is 7.15. The van der Waals surface area contributed by atoms with Crippen LogP contribution in [0.15, 0.2) is 42.5 Å². The summed E-state index contributed by atoms with van der Waals surface area (Å²) < 4.78 is 0. The van der Waals surface area contributed by atoms with E-state index in [9.17, 15) is 4.79 Å². The first kappa shape index (κ1) is 16.4. The third-order valence-electron chi connectivity index (χ3n) is 4.62. The molecule has 1 amide bonds. The Morgan fingerprint density at radius 2 is 2.16 bits per heavy atom. The van der Waals surface area contributed by atoms with Gasteiger partial charge in [0.2, 0.25) is 0 Å². The number of H-pyrrole nitrogens is 1. The number of hydrogen-bond donors (Lipinski definition) is 1. The molecule has 0 aliphatic carbocycles. The summed E-state index contributed by atoms with van der Waals surface area (Å²) in [5, 5.41) is 7.98. The van der Waals surface area contributed by atoms with Crippen LogP contribution in [0.3, 0.4) is 0 Å². The zero-order chi connectivity index (χ0) is 17.4. The highest BCUT2D eigenvalue weighted by Gasteiger charge is 2.30. The first-order chi connectivity index (χ1) is 12.1. The van der Waals surface area contributed by atoms with Crippen LogP contribution in [0.5, 0.6) is 0 Å². The molecule has 2 aromatic heterocycles. The topological polar surface area (TPSA) is 49.0 Å². The van der Waals surface area contributed by atoms with Crippen molar-refractivity contribution in [3.8, 4) is 10.6 Å². The van der Waals surface area contributed by atoms with Crippen molar-refractivity contribution in [2.75, 3.05) is 13.1 Å². The second kappa shape index (κ2) is 6.65. The standard InChI is InChI=1S/C19H18ClN3OS/c1-12-6-7-18(25-12)16-10-17(22-21-16)19(24)23-9-8-13(11-23)14-4-2-3-5-15(14)20/h2-7,10,13H,8-9,11H2,1H3,(H,21,22). The summed E-state index contributed by atoms with van der Waals surface area (Å²) in [6.45, 7) is 3.48. The number of amides is 1. The maximum absolute atomic E-state index is 12.8. The molecule has 1 N–H and O–H groups in total. The molecular formula is C19H18ClN3OS. The SMILES string of the molecule is Cc1ccc(-c2cc(C(=O)N3CCC(c4ccccc4Cl)C3)n[nH]2)s1. The van der Waals surface area contributed by atoms with E-state index >= 15 is 0 Å². The molecular weight excluding hydrogens is 354 g/mol. The highest BCUT2D eigenvalue weighted by Crippen LogP contribution is 2.33. The van der Waals surface area contributed by atoms with Crippen molar-refractivity contribution in [2.45, 2.75) is 19.3 Å². The van der Waals surface area contributed by atoms with Gasteiger partial charge in [-0.1, -0.05) is 29.8 Å². The summed E-state index contributed by atoms with van der Waals surface area (Å²) in [4.78, 5) is 17.0. The zero-order valence-corrected chi connectivity index (χ0v) is 15.4. The van der Waals surface area contributed by atoms with E-state index in [0.717, 1.165) is 34.1 Å². The van der Waals surface area contributed by atoms with Crippen LogP contribution in [0.2, 0.25) is 5.02 Å². The van der Waals surface area contributed by atoms with Gasteiger partial charge in [0.05, 0.1) is 10.6 Å². The Kier molecular flexibility index (Phi) is 4.36. The van der Waals surface area contributed by atoms with Crippen molar-refractivity contribution in [2.24, 2.45) is 0 Å². The van der Waals surface area contributed by atoms with Crippen molar-refractivity contribution < 1.29 is 4.79 Å². The van der Waals surface area contributed by atoms with Crippen LogP contribution in [0.4, 0.5) is 0 Å². The number of hydrogen-bond acceptors (Lipinski definition) is 3. The van der Waals surface area contributed by atoms with Crippen LogP contribution in [0.1, 0.15) is 33.3 Å². The molecule has 3 aromatic rings. The van der Waals surface area contributed by atoms with Gasteiger partial charge in [0.25, 0.3) is 5.91 Å². The fraction of sp³-hybridized carbons (Fsp3) is 0.263. The molecule has 1 aromatic carbocycles. The van der Waals surface area contributed by atoms with Gasteiger partial charge in [-0.3, -0.25) is 9.89 Å². The van der Waals surface area contributed by atoms with Gasteiger partial charge in [-0.05, 0) is 43.2 Å². The quantitative estimate of drug-likeness (QED) is 0.723. The number of benzene rings is 1. The van der Waals surface area contributed by atoms with Crippen LogP contribution >= 0.6 is 22.9 Å². The Balaban J connectivity index is 1.49. The summed E-state index contributed by atoms with van der Waals surface area (Å²) in [6, 6.07) is 13.8. The van der Waals surface area contributed by atoms with Gasteiger partial charge in [-0.25, -0.2) is 0 Å². The summed E-state index contributed by atoms with van der Waals surface area (Å²) in [5.74, 6) is 0.265. The Morgan fingerprint density at radius 3 is 2.92 bits per heavy atom. The molecule has 0 spiro atoms. The van der Waals surface area contributed by atoms with Crippen molar-refractivity contribution in [3.05, 3.63) is 63.6 Å². The minimum Gasteiger partial charge on any atom is -0.337 e. The third kappa shape index (κ3) is 3.22. The molecule has 0 saturated carbocycles. The van der Waals surface area contributed by atoms with Crippen molar-refractivity contribution in [1.82, 2.24) is 15.1 Å². The lowest BCUT2D eigenvalue weighted by molar-refractivity contribution is 0.0785. The van der Waals surface area contributed by atoms with E-state index in [-0.39, 0.29) is 11.8 Å². The van der Waals surface area contributed by atoms with E-state index in [2.05, 4.69) is 23.2 Å². The van der Waals surface area contributed by atoms with Gasteiger partial charge in [-0.2, -0.15) is 5.10 Å². The molecule has 0 radical (unpaired) electrons. The summed E-state index contributed by atoms with van der Waals surface area (Å²) in [5.41, 5.74) is 2.49. The molecule has 1 aliphatic heterocycles. The summed E-state index contributed by atoms with van der Waals surface area (Å²) in [7, 11) is 0. The van der Waals surface area contributed by atoms with Gasteiger partial charge in [0.1, 0.15) is 0 Å². The second-order valence-corrected chi connectivity index (χ2v) is 8.03. The number of aromatic amines is 1. The maximum Gasteiger partial charge on any atom is 0.274 e. The van der Waals surface area contributed by atoms with Gasteiger partial charge in [-0.15, -0.1) is 11.3 Å². The van der Waals surface area contributed by atoms with E-state index in [1.807, 2.05) is 41.3 Å². The number of nitrogens with zero attached hydrogens (tertiary/aromatic N) is 2. The smallest absolute Gasteiger partial charge is 0.274 e. The molecule has 3 heterocycles. The molecule has 1 fully saturated rings. The number of likely N-dealkylation sites (tertiary alicyclic amines) is 1. The van der Waals surface area contributed by atoms with Crippen LogP contribution in [0, 0.1) is 6.92 Å². The maximum atomic E-state index is 12.8. The van der Waals surface area contributed by atoms with Crippen molar-refractivity contribution in [3.63, 3.8) is 0 Å². The number of aromatic nitrogens is 2. The lowest BCUT2D eigenvalue weighted by Crippen LogP contribution is -2.28. The van der Waals surface area contributed by atoms with Crippen LogP contribution in [-0.2, 0) is 0 Å². The van der Waals surface area contributed by atoms with Crippen LogP contribution in [0.25, 0.3) is 10.6 Å². The molecule has 1 unspecified atom stereocenters. The van der Waals surface area contributed by atoms with Crippen molar-refractivity contribution >= 4 is 28.8 Å². The molecule has 4 nitrogen and oxygen atoms in total. The van der Waals surface area contributed by atoms with E-state index in [1.165, 1.54) is 4.88 Å². The van der Waals surface area contributed by atoms with Gasteiger partial charge in [0.15, 0.2) is 5.69 Å². The number of carbonyl (C=O) groups excluding carboxylic acids is 1. The van der Waals surface area contributed by atoms with Crippen molar-refractivity contribution in [1.29, 1.82) is 0 Å². The number of aryl methyl sites for hydroxylation is 1. The first-order valence-corrected chi connectivity index (χ1v) is 9.47. The number of nitrogens with one attached hydrogen (secondary N) is 1. The van der Waals surface area contributed by atoms with E-state index < -0.39 is 0 Å². The largest absolute Gasteiger partial charge is 0.337 e. The average Bonchev–Trinajstić information content (AvgIpc) is 3.35. The molecule has 0 bridgehead atoms. The molecule has 1 saturated heterocycles. The highest BCUT2D eigenvalue weighted by atomic mass is 35.5. The zero-order valence-electron chi connectivity index (χ0n) is 13.8. The normalized spacial score (nSPS) is 17.2. The number of carbonyl (C=O) groups is 1. The average molecular weight is 372 g/mol. The Bertz CT molecular complexity index is 917. The summed E-state index contributed by atoms with van der Waals surface area (Å²) >= 11 is 7.99. The predicted molar refractivity (Wildman–Crippen MR) is 101 cm³/mol. The van der Waals surface area contributed by atoms with Gasteiger partial charge < -0.3 is 4.90 Å². The fourth-order valence-electron chi connectivity index (χ4n) is 3.30. The minimum atomic E-state index is -0.0228. The second-order valence-electron chi connectivity index (χ2n) is 6.34. The Hall–Kier alpha value is -2.11. The molecule has 4 rings (SSSR count). The molecule has 25 heavy (non-hydrogen) atoms. The predicted octanol–water partition coefficient (Wildman–Crippen LogP) is 4.73. The molecule has 6 heteroatoms. The Labute approximate surface area is 155 Å². The van der Waals surface area contributed by atoms with Crippen LogP contribution in [-0.4, -0.2) is 34.1 Å². The number of thiophene rings is 1. The Morgan fingerprint density at radius 1 is 1.32 bits per heavy atom. The van der Waals surface area contributed by atoms with Gasteiger partial charge in [0, 0.05) is 28.9 Å². The molecule has 1 aliphatic rings. The molecule has 1 atom stereocenters. The third-order valence-corrected chi connectivity index (χ3v) is 6.00. The number of rotatable bonds is 3. The van der Waals surface area contributed by atoms with E-state index in [1.54, 1.807) is 11.3 Å². The minimum absolute atomic E-state index is 0.0228. The van der Waals surface area contributed by atoms with Gasteiger partial charge >= 0.3 is 0 Å². The van der Waals surface area contributed by atoms with E-state index in [0.29, 0.717) is 12.2 Å². The van der Waals surface area contributed by atoms with Crippen LogP contribution < -0.4 is 0 Å². The lowest BCUT2D eigenvalue weighted by Gasteiger charge is -2.16. The monoisotopic (exact) mass is 371 g/mol. The number of halogens is 1. The first-order valence-electron chi connectivity index (χ1n) is 8.28. The van der Waals surface area contributed by atoms with E-state index in [4.69, 9.17) is 11.6 Å². The summed E-state index contributed by atoms with van der Waals surface area (Å²) in [6.07, 6.45) is 0.927. The molecule has 128 valence electrons. The lowest BCUT2D eigenvalue weighted by atomic mass is 9.98. The fourth-order valence-corrected chi connectivity index (χ4v) is 4.43.